The first-order valence-electron chi connectivity index (χ1n) is 6.27. The molecule has 0 bridgehead atoms. The van der Waals surface area contributed by atoms with Gasteiger partial charge in [-0.3, -0.25) is 4.98 Å². The summed E-state index contributed by atoms with van der Waals surface area (Å²) in [6.07, 6.45) is 4.44. The zero-order valence-electron chi connectivity index (χ0n) is 10.7. The third kappa shape index (κ3) is 4.11. The van der Waals surface area contributed by atoms with Crippen molar-refractivity contribution < 1.29 is 4.39 Å². The molecule has 2 rings (SSSR count). The van der Waals surface area contributed by atoms with E-state index in [0.29, 0.717) is 0 Å². The average Bonchev–Trinajstić information content (AvgIpc) is 2.41. The summed E-state index contributed by atoms with van der Waals surface area (Å²) in [5, 5.41) is 3.43. The van der Waals surface area contributed by atoms with Gasteiger partial charge in [-0.05, 0) is 58.2 Å². The van der Waals surface area contributed by atoms with Crippen LogP contribution in [0.4, 0.5) is 4.39 Å². The number of hydrogen-bond donors (Lipinski definition) is 1. The van der Waals surface area contributed by atoms with Gasteiger partial charge in [-0.15, -0.1) is 0 Å². The number of benzene rings is 1. The van der Waals surface area contributed by atoms with Crippen molar-refractivity contribution >= 4 is 15.9 Å². The standard InChI is InChI=1S/C15H16BrFN2/c1-2-19-15(12-8-13(16)10-18-9-12)7-11-3-5-14(17)6-4-11/h3-6,8-10,15,19H,2,7H2,1H3. The smallest absolute Gasteiger partial charge is 0.123 e. The molecule has 100 valence electrons. The van der Waals surface area contributed by atoms with Crippen molar-refractivity contribution in [1.82, 2.24) is 10.3 Å². The minimum Gasteiger partial charge on any atom is -0.310 e. The van der Waals surface area contributed by atoms with Crippen molar-refractivity contribution in [2.75, 3.05) is 6.54 Å². The van der Waals surface area contributed by atoms with Gasteiger partial charge >= 0.3 is 0 Å². The topological polar surface area (TPSA) is 24.9 Å². The molecule has 0 amide bonds. The van der Waals surface area contributed by atoms with Crippen LogP contribution in [0.2, 0.25) is 0 Å². The number of halogens is 2. The van der Waals surface area contributed by atoms with Crippen LogP contribution in [0.3, 0.4) is 0 Å². The van der Waals surface area contributed by atoms with Crippen LogP contribution < -0.4 is 5.32 Å². The van der Waals surface area contributed by atoms with Crippen molar-refractivity contribution in [3.8, 4) is 0 Å². The van der Waals surface area contributed by atoms with Crippen molar-refractivity contribution in [2.24, 2.45) is 0 Å². The lowest BCUT2D eigenvalue weighted by atomic mass is 10.0. The summed E-state index contributed by atoms with van der Waals surface area (Å²) in [7, 11) is 0. The third-order valence-electron chi connectivity index (χ3n) is 2.93. The first kappa shape index (κ1) is 14.2. The van der Waals surface area contributed by atoms with E-state index in [1.54, 1.807) is 6.20 Å². The van der Waals surface area contributed by atoms with Gasteiger partial charge in [-0.25, -0.2) is 4.39 Å². The molecule has 0 fully saturated rings. The molecule has 1 aromatic heterocycles. The monoisotopic (exact) mass is 322 g/mol. The lowest BCUT2D eigenvalue weighted by molar-refractivity contribution is 0.547. The van der Waals surface area contributed by atoms with Crippen LogP contribution >= 0.6 is 15.9 Å². The van der Waals surface area contributed by atoms with Crippen LogP contribution in [0.5, 0.6) is 0 Å². The van der Waals surface area contributed by atoms with Gasteiger partial charge in [0.05, 0.1) is 0 Å². The van der Waals surface area contributed by atoms with Crippen LogP contribution in [0.1, 0.15) is 24.1 Å². The maximum atomic E-state index is 12.9. The summed E-state index contributed by atoms with van der Waals surface area (Å²) in [6, 6.07) is 8.88. The summed E-state index contributed by atoms with van der Waals surface area (Å²) in [4.78, 5) is 4.20. The first-order chi connectivity index (χ1) is 9.19. The number of nitrogens with one attached hydrogen (secondary N) is 1. The number of nitrogens with zero attached hydrogens (tertiary/aromatic N) is 1. The van der Waals surface area contributed by atoms with Crippen molar-refractivity contribution in [1.29, 1.82) is 0 Å². The Bertz CT molecular complexity index is 528. The Kier molecular flexibility index (Phi) is 5.05. The van der Waals surface area contributed by atoms with Crippen LogP contribution in [0, 0.1) is 5.82 Å². The van der Waals surface area contributed by atoms with E-state index in [0.717, 1.165) is 28.6 Å². The van der Waals surface area contributed by atoms with E-state index in [2.05, 4.69) is 39.2 Å². The second-order valence-corrected chi connectivity index (χ2v) is 5.29. The number of likely N-dealkylation sites (N-methyl/N-ethyl adjacent to an activating group) is 1. The van der Waals surface area contributed by atoms with Gasteiger partial charge in [0.2, 0.25) is 0 Å². The fraction of sp³-hybridized carbons (Fsp3) is 0.267. The Morgan fingerprint density at radius 3 is 2.63 bits per heavy atom. The third-order valence-corrected chi connectivity index (χ3v) is 3.37. The largest absolute Gasteiger partial charge is 0.310 e. The predicted octanol–water partition coefficient (Wildman–Crippen LogP) is 3.88. The molecule has 1 atom stereocenters. The average molecular weight is 323 g/mol. The molecule has 19 heavy (non-hydrogen) atoms. The Labute approximate surface area is 121 Å². The summed E-state index contributed by atoms with van der Waals surface area (Å²) in [5.41, 5.74) is 2.23. The maximum Gasteiger partial charge on any atom is 0.123 e. The van der Waals surface area contributed by atoms with E-state index in [9.17, 15) is 4.39 Å². The molecule has 0 spiro atoms. The lowest BCUT2D eigenvalue weighted by Crippen LogP contribution is -2.23. The normalized spacial score (nSPS) is 12.4. The molecule has 0 radical (unpaired) electrons. The number of hydrogen-bond acceptors (Lipinski definition) is 2. The second kappa shape index (κ2) is 6.78. The highest BCUT2D eigenvalue weighted by Crippen LogP contribution is 2.21. The molecule has 4 heteroatoms. The summed E-state index contributed by atoms with van der Waals surface area (Å²) in [6.45, 7) is 2.95. The second-order valence-electron chi connectivity index (χ2n) is 4.38. The van der Waals surface area contributed by atoms with E-state index >= 15 is 0 Å². The fourth-order valence-corrected chi connectivity index (χ4v) is 2.41. The number of rotatable bonds is 5. The molecule has 0 aliphatic heterocycles. The van der Waals surface area contributed by atoms with Crippen molar-refractivity contribution in [3.63, 3.8) is 0 Å². The predicted molar refractivity (Wildman–Crippen MR) is 78.5 cm³/mol. The van der Waals surface area contributed by atoms with Crippen LogP contribution in [0.15, 0.2) is 47.2 Å². The highest BCUT2D eigenvalue weighted by Gasteiger charge is 2.12. The van der Waals surface area contributed by atoms with E-state index in [4.69, 9.17) is 0 Å². The number of pyridine rings is 1. The maximum absolute atomic E-state index is 12.9. The lowest BCUT2D eigenvalue weighted by Gasteiger charge is -2.18. The quantitative estimate of drug-likeness (QED) is 0.903. The highest BCUT2D eigenvalue weighted by molar-refractivity contribution is 9.10. The zero-order valence-corrected chi connectivity index (χ0v) is 12.3. The minimum atomic E-state index is -0.201. The Morgan fingerprint density at radius 2 is 2.00 bits per heavy atom. The van der Waals surface area contributed by atoms with Gasteiger partial charge < -0.3 is 5.32 Å². The van der Waals surface area contributed by atoms with Gasteiger partial charge in [-0.2, -0.15) is 0 Å². The first-order valence-corrected chi connectivity index (χ1v) is 7.06. The summed E-state index contributed by atoms with van der Waals surface area (Å²) >= 11 is 3.44. The van der Waals surface area contributed by atoms with Gasteiger partial charge in [0.25, 0.3) is 0 Å². The molecule has 0 aliphatic rings. The molecule has 1 N–H and O–H groups in total. The van der Waals surface area contributed by atoms with Crippen LogP contribution in [-0.4, -0.2) is 11.5 Å². The molecule has 0 saturated carbocycles. The number of aromatic nitrogens is 1. The molecule has 0 saturated heterocycles. The van der Waals surface area contributed by atoms with E-state index in [-0.39, 0.29) is 11.9 Å². The zero-order chi connectivity index (χ0) is 13.7. The minimum absolute atomic E-state index is 0.181. The Balaban J connectivity index is 2.18. The molecular formula is C15H16BrFN2. The van der Waals surface area contributed by atoms with E-state index < -0.39 is 0 Å². The molecule has 0 aliphatic carbocycles. The Morgan fingerprint density at radius 1 is 1.26 bits per heavy atom. The fourth-order valence-electron chi connectivity index (χ4n) is 2.03. The highest BCUT2D eigenvalue weighted by atomic mass is 79.9. The summed E-state index contributed by atoms with van der Waals surface area (Å²) < 4.78 is 13.9. The molecule has 2 aromatic rings. The van der Waals surface area contributed by atoms with Gasteiger partial charge in [-0.1, -0.05) is 19.1 Å². The molecular weight excluding hydrogens is 307 g/mol. The van der Waals surface area contributed by atoms with Crippen molar-refractivity contribution in [2.45, 2.75) is 19.4 Å². The molecule has 1 aromatic carbocycles. The molecule has 1 unspecified atom stereocenters. The molecule has 1 heterocycles. The van der Waals surface area contributed by atoms with E-state index in [1.165, 1.54) is 12.1 Å². The SMILES string of the molecule is CCNC(Cc1ccc(F)cc1)c1cncc(Br)c1. The van der Waals surface area contributed by atoms with Gasteiger partial charge in [0, 0.05) is 22.9 Å². The van der Waals surface area contributed by atoms with E-state index in [1.807, 2.05) is 18.3 Å². The Hall–Kier alpha value is -1.26. The van der Waals surface area contributed by atoms with Crippen molar-refractivity contribution in [3.05, 3.63) is 64.1 Å². The summed E-state index contributed by atoms with van der Waals surface area (Å²) in [5.74, 6) is -0.201. The molecule has 2 nitrogen and oxygen atoms in total. The van der Waals surface area contributed by atoms with Gasteiger partial charge in [0.15, 0.2) is 0 Å². The van der Waals surface area contributed by atoms with Crippen LogP contribution in [0.25, 0.3) is 0 Å². The van der Waals surface area contributed by atoms with Crippen LogP contribution in [-0.2, 0) is 6.42 Å². The van der Waals surface area contributed by atoms with Gasteiger partial charge in [0.1, 0.15) is 5.82 Å².